The molecule has 2 aliphatic heterocycles. The van der Waals surface area contributed by atoms with E-state index < -0.39 is 17.6 Å². The molecule has 1 aliphatic carbocycles. The minimum atomic E-state index is -4.57. The molecule has 2 fully saturated rings. The lowest BCUT2D eigenvalue weighted by Crippen LogP contribution is -2.49. The molecule has 3 aliphatic rings. The van der Waals surface area contributed by atoms with E-state index in [1.807, 2.05) is 36.7 Å². The second kappa shape index (κ2) is 9.99. The number of nitrogens with one attached hydrogen (secondary N) is 1. The number of anilines is 1. The highest BCUT2D eigenvalue weighted by molar-refractivity contribution is 6.10. The molecule has 0 unspecified atom stereocenters. The number of carbonyl (C=O) groups is 1. The highest BCUT2D eigenvalue weighted by atomic mass is 19.4. The van der Waals surface area contributed by atoms with Gasteiger partial charge in [0.2, 0.25) is 0 Å². The maximum atomic E-state index is 14.4. The minimum absolute atomic E-state index is 0.0357. The second-order valence-corrected chi connectivity index (χ2v) is 11.7. The summed E-state index contributed by atoms with van der Waals surface area (Å²) in [5.41, 5.74) is 1.35. The molecule has 1 saturated heterocycles. The van der Waals surface area contributed by atoms with Crippen molar-refractivity contribution in [3.05, 3.63) is 76.4 Å². The molecule has 2 atom stereocenters. The first-order valence-electron chi connectivity index (χ1n) is 13.9. The summed E-state index contributed by atoms with van der Waals surface area (Å²) in [6.45, 7) is 5.11. The molecule has 2 aromatic carbocycles. The fourth-order valence-electron chi connectivity index (χ4n) is 6.32. The van der Waals surface area contributed by atoms with Gasteiger partial charge in [-0.2, -0.15) is 13.2 Å². The maximum absolute atomic E-state index is 14.4. The first-order valence-corrected chi connectivity index (χ1v) is 13.9. The van der Waals surface area contributed by atoms with E-state index in [0.29, 0.717) is 30.9 Å². The van der Waals surface area contributed by atoms with Crippen LogP contribution >= 0.6 is 0 Å². The predicted molar refractivity (Wildman–Crippen MR) is 144 cm³/mol. The van der Waals surface area contributed by atoms with Crippen molar-refractivity contribution in [2.45, 2.75) is 69.8 Å². The number of nitrogens with zero attached hydrogens (tertiary/aromatic N) is 4. The van der Waals surface area contributed by atoms with Crippen LogP contribution in [0.15, 0.2) is 42.7 Å². The molecule has 0 radical (unpaired) electrons. The lowest BCUT2D eigenvalue weighted by molar-refractivity contribution is -0.138. The Bertz CT molecular complexity index is 1430. The van der Waals surface area contributed by atoms with Gasteiger partial charge in [-0.05, 0) is 73.6 Å². The Morgan fingerprint density at radius 2 is 1.95 bits per heavy atom. The van der Waals surface area contributed by atoms with Crippen LogP contribution in [0.25, 0.3) is 0 Å². The first kappa shape index (κ1) is 27.0. The van der Waals surface area contributed by atoms with Crippen LogP contribution in [0.3, 0.4) is 0 Å². The SMILES string of the molecule is CC[C@H](NC1(C)CCC1)c1cc2c(c(C(F)(F)F)c1)CN(c1cccc([C@H](c3nncn3C)C3COC3)c1)C2=O. The van der Waals surface area contributed by atoms with Gasteiger partial charge in [-0.1, -0.05) is 19.1 Å². The smallest absolute Gasteiger partial charge is 0.381 e. The van der Waals surface area contributed by atoms with Crippen molar-refractivity contribution in [1.82, 2.24) is 20.1 Å². The average Bonchev–Trinajstić information content (AvgIpc) is 3.45. The number of halogens is 3. The Labute approximate surface area is 231 Å². The number of benzene rings is 2. The summed E-state index contributed by atoms with van der Waals surface area (Å²) < 4.78 is 50.5. The van der Waals surface area contributed by atoms with Crippen molar-refractivity contribution < 1.29 is 22.7 Å². The van der Waals surface area contributed by atoms with Gasteiger partial charge in [0.25, 0.3) is 5.91 Å². The molecule has 1 saturated carbocycles. The molecular weight excluding hydrogens is 519 g/mol. The van der Waals surface area contributed by atoms with Crippen LogP contribution in [0.2, 0.25) is 0 Å². The molecule has 40 heavy (non-hydrogen) atoms. The molecule has 3 aromatic rings. The average molecular weight is 554 g/mol. The van der Waals surface area contributed by atoms with Crippen LogP contribution in [0.4, 0.5) is 18.9 Å². The predicted octanol–water partition coefficient (Wildman–Crippen LogP) is 5.76. The van der Waals surface area contributed by atoms with Crippen molar-refractivity contribution in [2.24, 2.45) is 13.0 Å². The summed E-state index contributed by atoms with van der Waals surface area (Å²) in [6, 6.07) is 10.1. The van der Waals surface area contributed by atoms with Gasteiger partial charge in [-0.25, -0.2) is 0 Å². The van der Waals surface area contributed by atoms with E-state index >= 15 is 0 Å². The van der Waals surface area contributed by atoms with Gasteiger partial charge >= 0.3 is 6.18 Å². The van der Waals surface area contributed by atoms with E-state index in [0.717, 1.165) is 30.7 Å². The van der Waals surface area contributed by atoms with Crippen molar-refractivity contribution >= 4 is 11.6 Å². The van der Waals surface area contributed by atoms with Crippen LogP contribution < -0.4 is 10.2 Å². The number of rotatable bonds is 8. The Morgan fingerprint density at radius 3 is 2.52 bits per heavy atom. The van der Waals surface area contributed by atoms with E-state index in [-0.39, 0.29) is 41.1 Å². The molecule has 212 valence electrons. The van der Waals surface area contributed by atoms with Crippen molar-refractivity contribution in [2.75, 3.05) is 18.1 Å². The molecule has 1 aromatic heterocycles. The summed E-state index contributed by atoms with van der Waals surface area (Å²) in [6.07, 6.45) is 0.789. The van der Waals surface area contributed by atoms with E-state index in [9.17, 15) is 18.0 Å². The van der Waals surface area contributed by atoms with Crippen molar-refractivity contribution in [1.29, 1.82) is 0 Å². The van der Waals surface area contributed by atoms with E-state index in [1.165, 1.54) is 11.0 Å². The maximum Gasteiger partial charge on any atom is 0.416 e. The number of aromatic nitrogens is 3. The normalized spacial score (nSPS) is 20.1. The summed E-state index contributed by atoms with van der Waals surface area (Å²) in [5, 5.41) is 11.9. The van der Waals surface area contributed by atoms with Crippen LogP contribution in [0.5, 0.6) is 0 Å². The minimum Gasteiger partial charge on any atom is -0.381 e. The second-order valence-electron chi connectivity index (χ2n) is 11.7. The van der Waals surface area contributed by atoms with Gasteiger partial charge in [0.15, 0.2) is 0 Å². The van der Waals surface area contributed by atoms with Crippen molar-refractivity contribution in [3.8, 4) is 0 Å². The monoisotopic (exact) mass is 553 g/mol. The van der Waals surface area contributed by atoms with Crippen LogP contribution in [-0.2, 0) is 24.5 Å². The Morgan fingerprint density at radius 1 is 1.18 bits per heavy atom. The number of hydrogen-bond acceptors (Lipinski definition) is 5. The number of alkyl halides is 3. The summed E-state index contributed by atoms with van der Waals surface area (Å²) >= 11 is 0. The van der Waals surface area contributed by atoms with E-state index in [2.05, 4.69) is 22.4 Å². The highest BCUT2D eigenvalue weighted by Gasteiger charge is 2.42. The van der Waals surface area contributed by atoms with Crippen LogP contribution in [-0.4, -0.2) is 39.4 Å². The topological polar surface area (TPSA) is 72.3 Å². The van der Waals surface area contributed by atoms with Crippen LogP contribution in [0, 0.1) is 5.92 Å². The third-order valence-corrected chi connectivity index (χ3v) is 8.86. The Hall–Kier alpha value is -3.24. The van der Waals surface area contributed by atoms with Gasteiger partial charge in [0, 0.05) is 35.8 Å². The van der Waals surface area contributed by atoms with Gasteiger partial charge in [-0.3, -0.25) is 4.79 Å². The number of aryl methyl sites for hydroxylation is 1. The van der Waals surface area contributed by atoms with Gasteiger partial charge in [-0.15, -0.1) is 10.2 Å². The van der Waals surface area contributed by atoms with Gasteiger partial charge in [0.1, 0.15) is 12.2 Å². The molecular formula is C30H34F3N5O2. The number of fused-ring (bicyclic) bond motifs is 1. The Balaban J connectivity index is 1.36. The van der Waals surface area contributed by atoms with Crippen LogP contribution in [0.1, 0.15) is 89.9 Å². The molecule has 7 nitrogen and oxygen atoms in total. The molecule has 0 bridgehead atoms. The van der Waals surface area contributed by atoms with E-state index in [1.54, 1.807) is 18.5 Å². The summed E-state index contributed by atoms with van der Waals surface area (Å²) in [7, 11) is 1.88. The molecule has 0 spiro atoms. The third-order valence-electron chi connectivity index (χ3n) is 8.86. The highest BCUT2D eigenvalue weighted by Crippen LogP contribution is 2.43. The molecule has 1 amide bonds. The first-order chi connectivity index (χ1) is 19.1. The van der Waals surface area contributed by atoms with Gasteiger partial charge < -0.3 is 19.5 Å². The quantitative estimate of drug-likeness (QED) is 0.384. The fourth-order valence-corrected chi connectivity index (χ4v) is 6.32. The number of amides is 1. The number of carbonyl (C=O) groups excluding carboxylic acids is 1. The molecule has 10 heteroatoms. The fraction of sp³-hybridized carbons (Fsp3) is 0.500. The summed E-state index contributed by atoms with van der Waals surface area (Å²) in [4.78, 5) is 15.2. The number of hydrogen-bond donors (Lipinski definition) is 1. The summed E-state index contributed by atoms with van der Waals surface area (Å²) in [5.74, 6) is 0.457. The number of ether oxygens (including phenoxy) is 1. The molecule has 6 rings (SSSR count). The standard InChI is InChI=1S/C30H34F3N5O2/c1-4-25(35-29(2)9-6-10-29)19-12-22-23(24(13-19)30(31,32)33)14-38(28(22)39)21-8-5-7-18(11-21)26(20-15-40-16-20)27-36-34-17-37(27)3/h5,7-8,11-13,17,20,25-26,35H,4,6,9-10,14-16H2,1-3H3/t25-,26-/m0/s1. The largest absolute Gasteiger partial charge is 0.416 e. The lowest BCUT2D eigenvalue weighted by atomic mass is 9.77. The zero-order valence-corrected chi connectivity index (χ0v) is 23.0. The molecule has 3 heterocycles. The lowest BCUT2D eigenvalue weighted by Gasteiger charge is -2.42. The van der Waals surface area contributed by atoms with E-state index in [4.69, 9.17) is 4.74 Å². The van der Waals surface area contributed by atoms with Gasteiger partial charge in [0.05, 0.1) is 31.2 Å². The Kier molecular flexibility index (Phi) is 6.73. The third kappa shape index (κ3) is 4.71. The zero-order chi connectivity index (χ0) is 28.2. The van der Waals surface area contributed by atoms with Crippen molar-refractivity contribution in [3.63, 3.8) is 0 Å². The zero-order valence-electron chi connectivity index (χ0n) is 23.0. The molecule has 1 N–H and O–H groups in total.